The molecule has 1 radical (unpaired) electrons. The molecule has 0 aromatic heterocycles. The molecule has 0 fully saturated rings. The van der Waals surface area contributed by atoms with Crippen LogP contribution in [0.25, 0.3) is 0 Å². The van der Waals surface area contributed by atoms with E-state index in [9.17, 15) is 0 Å². The summed E-state index contributed by atoms with van der Waals surface area (Å²) in [6.07, 6.45) is 16.6. The molecule has 0 amide bonds. The topological polar surface area (TPSA) is 0 Å². The molecule has 1 heterocycles. The molecule has 5 heteroatoms. The van der Waals surface area contributed by atoms with Crippen LogP contribution in [0.4, 0.5) is 0 Å². The predicted molar refractivity (Wildman–Crippen MR) is 76.4 cm³/mol. The van der Waals surface area contributed by atoms with Crippen LogP contribution in [-0.2, 0) is 22.4 Å². The maximum atomic E-state index is 2.44. The van der Waals surface area contributed by atoms with Gasteiger partial charge in [0.1, 0.15) is 0 Å². The number of hydrogen-bond donors (Lipinski definition) is 0. The average molecular weight is 385 g/mol. The molecular formula is C14H16BCl2SiZr. The van der Waals surface area contributed by atoms with Crippen LogP contribution in [0.15, 0.2) is 56.9 Å². The summed E-state index contributed by atoms with van der Waals surface area (Å²) in [6, 6.07) is 0. The summed E-state index contributed by atoms with van der Waals surface area (Å²) < 4.78 is 1.80. The number of fused-ring (bicyclic) bond motifs is 1. The molecule has 3 rings (SSSR count). The van der Waals surface area contributed by atoms with Crippen LogP contribution in [0.5, 0.6) is 0 Å². The van der Waals surface area contributed by atoms with E-state index in [0.717, 1.165) is 0 Å². The SMILES string of the molecule is B1=CC=C2C=CC=C12.C[Si](C)[Zr+2][C]1=CC=CC1.[Cl-].[Cl-]. The van der Waals surface area contributed by atoms with Crippen LogP contribution < -0.4 is 24.8 Å². The standard InChI is InChI=1S/C7H5B.C5H5.C2H6Si.2ClH.Zr/c1-2-6-4-5-8-7(6)3-1;1-2-4-5-3-1;1-3-2;;;/h1-5H;1-3H,4H2;1-2H3;2*1H;/q;;;;;+2/p-2. The molecule has 19 heavy (non-hydrogen) atoms. The summed E-state index contributed by atoms with van der Waals surface area (Å²) in [5.74, 6) is 2.22. The van der Waals surface area contributed by atoms with Gasteiger partial charge in [0.05, 0.1) is 0 Å². The summed E-state index contributed by atoms with van der Waals surface area (Å²) in [7, 11) is 0. The minimum atomic E-state index is -0.0345. The van der Waals surface area contributed by atoms with Gasteiger partial charge >= 0.3 is 118 Å². The summed E-state index contributed by atoms with van der Waals surface area (Å²) in [6.45, 7) is 7.00. The van der Waals surface area contributed by atoms with Gasteiger partial charge in [-0.15, -0.1) is 0 Å². The van der Waals surface area contributed by atoms with Crippen LogP contribution in [0.1, 0.15) is 6.42 Å². The second-order valence-corrected chi connectivity index (χ2v) is 17.5. The Morgan fingerprint density at radius 2 is 1.89 bits per heavy atom. The molecule has 0 aromatic carbocycles. The van der Waals surface area contributed by atoms with E-state index in [4.69, 9.17) is 0 Å². The smallest absolute Gasteiger partial charge is 1.00 e. The molecule has 2 aliphatic carbocycles. The van der Waals surface area contributed by atoms with Crippen molar-refractivity contribution in [3.63, 3.8) is 0 Å². The van der Waals surface area contributed by atoms with Crippen molar-refractivity contribution in [2.24, 2.45) is 0 Å². The van der Waals surface area contributed by atoms with Crippen LogP contribution in [-0.4, -0.2) is 18.8 Å². The van der Waals surface area contributed by atoms with E-state index >= 15 is 0 Å². The van der Waals surface area contributed by atoms with Crippen molar-refractivity contribution in [3.8, 4) is 0 Å². The second-order valence-electron chi connectivity index (χ2n) is 4.41. The van der Waals surface area contributed by atoms with E-state index in [-0.39, 0.29) is 53.1 Å². The fraction of sp³-hybridized carbons (Fsp3) is 0.214. The Bertz CT molecular complexity index is 448. The first-order chi connectivity index (χ1) is 8.25. The molecule has 0 saturated heterocycles. The van der Waals surface area contributed by atoms with Crippen LogP contribution in [0.2, 0.25) is 13.1 Å². The summed E-state index contributed by atoms with van der Waals surface area (Å²) in [5, 5.41) is 0. The van der Waals surface area contributed by atoms with Gasteiger partial charge in [0, 0.05) is 0 Å². The zero-order valence-electron chi connectivity index (χ0n) is 11.2. The maximum Gasteiger partial charge on any atom is -1.00 e. The molecule has 0 unspecified atom stereocenters. The minimum Gasteiger partial charge on any atom is -1.00 e. The Hall–Kier alpha value is 0.315. The van der Waals surface area contributed by atoms with Crippen LogP contribution in [0.3, 0.4) is 0 Å². The van der Waals surface area contributed by atoms with E-state index in [1.54, 1.807) is 3.28 Å². The van der Waals surface area contributed by atoms with Crippen molar-refractivity contribution in [2.45, 2.75) is 19.5 Å². The summed E-state index contributed by atoms with van der Waals surface area (Å²) in [5.41, 5.74) is 2.70. The van der Waals surface area contributed by atoms with E-state index in [2.05, 4.69) is 68.5 Å². The molecule has 3 aliphatic rings. The van der Waals surface area contributed by atoms with E-state index in [1.165, 1.54) is 17.5 Å². The third kappa shape index (κ3) is 6.53. The van der Waals surface area contributed by atoms with Gasteiger partial charge in [-0.3, -0.25) is 0 Å². The maximum absolute atomic E-state index is 2.44. The molecule has 0 aromatic rings. The van der Waals surface area contributed by atoms with Crippen molar-refractivity contribution in [1.82, 2.24) is 0 Å². The molecule has 1 aliphatic heterocycles. The first kappa shape index (κ1) is 19.3. The van der Waals surface area contributed by atoms with E-state index in [1.807, 2.05) is 0 Å². The molecule has 97 valence electrons. The Morgan fingerprint density at radius 3 is 2.47 bits per heavy atom. The predicted octanol–water partition coefficient (Wildman–Crippen LogP) is -2.94. The van der Waals surface area contributed by atoms with Gasteiger partial charge in [0.15, 0.2) is 0 Å². The molecule has 0 N–H and O–H groups in total. The Balaban J connectivity index is 0.000000309. The fourth-order valence-electron chi connectivity index (χ4n) is 1.87. The summed E-state index contributed by atoms with van der Waals surface area (Å²) in [4.78, 5) is 0. The third-order valence-electron chi connectivity index (χ3n) is 2.62. The van der Waals surface area contributed by atoms with Gasteiger partial charge in [-0.2, -0.15) is 0 Å². The van der Waals surface area contributed by atoms with Crippen molar-refractivity contribution >= 4 is 18.8 Å². The van der Waals surface area contributed by atoms with Gasteiger partial charge in [-0.05, 0) is 0 Å². The third-order valence-corrected chi connectivity index (χ3v) is 10.4. The zero-order valence-corrected chi connectivity index (χ0v) is 16.1. The molecule has 0 atom stereocenters. The average Bonchev–Trinajstić information content (AvgIpc) is 2.91. The first-order valence-corrected chi connectivity index (χ1v) is 13.4. The Morgan fingerprint density at radius 1 is 1.11 bits per heavy atom. The quantitative estimate of drug-likeness (QED) is 0.447. The van der Waals surface area contributed by atoms with Gasteiger partial charge in [0.2, 0.25) is 0 Å². The van der Waals surface area contributed by atoms with Gasteiger partial charge in [-0.1, -0.05) is 0 Å². The molecule has 0 saturated carbocycles. The van der Waals surface area contributed by atoms with Crippen molar-refractivity contribution in [3.05, 3.63) is 56.9 Å². The normalized spacial score (nSPS) is 16.1. The van der Waals surface area contributed by atoms with Gasteiger partial charge in [-0.25, -0.2) is 0 Å². The second kappa shape index (κ2) is 10.1. The molecule has 0 nitrogen and oxygen atoms in total. The zero-order chi connectivity index (χ0) is 12.1. The molecular weight excluding hydrogens is 369 g/mol. The largest absolute Gasteiger partial charge is 1.00 e. The number of halogens is 2. The van der Waals surface area contributed by atoms with Gasteiger partial charge < -0.3 is 24.8 Å². The monoisotopic (exact) mass is 383 g/mol. The van der Waals surface area contributed by atoms with Crippen molar-refractivity contribution in [1.29, 1.82) is 0 Å². The van der Waals surface area contributed by atoms with Crippen LogP contribution in [0, 0.1) is 0 Å². The molecule has 0 spiro atoms. The number of hydrogen-bond acceptors (Lipinski definition) is 0. The number of allylic oxidation sites excluding steroid dienone is 10. The van der Waals surface area contributed by atoms with Crippen LogP contribution >= 0.6 is 0 Å². The summed E-state index contributed by atoms with van der Waals surface area (Å²) >= 11 is -0.0345. The van der Waals surface area contributed by atoms with Crippen molar-refractivity contribution in [2.75, 3.05) is 0 Å². The fourth-order valence-corrected chi connectivity index (χ4v) is 9.32. The van der Waals surface area contributed by atoms with E-state index < -0.39 is 0 Å². The first-order valence-electron chi connectivity index (χ1n) is 5.96. The van der Waals surface area contributed by atoms with Gasteiger partial charge in [0.25, 0.3) is 0 Å². The Labute approximate surface area is 141 Å². The molecule has 0 bridgehead atoms. The number of rotatable bonds is 2. The Kier molecular flexibility index (Phi) is 10.3. The van der Waals surface area contributed by atoms with E-state index in [0.29, 0.717) is 0 Å². The van der Waals surface area contributed by atoms with Crippen molar-refractivity contribution < 1.29 is 47.2 Å². The minimum absolute atomic E-state index is 0.